The highest BCUT2D eigenvalue weighted by Gasteiger charge is 1.97. The number of carbonyl (C=O) groups excluding carboxylic acids is 1. The zero-order valence-electron chi connectivity index (χ0n) is 10.1. The van der Waals surface area contributed by atoms with Crippen molar-refractivity contribution in [2.45, 2.75) is 13.5 Å². The first-order chi connectivity index (χ1) is 8.27. The maximum Gasteiger partial charge on any atom is 0.150 e. The maximum absolute atomic E-state index is 10.5. The second kappa shape index (κ2) is 9.30. The molecular formula is C13H18N2O2. The normalized spacial score (nSPS) is 10.3. The summed E-state index contributed by atoms with van der Waals surface area (Å²) in [7, 11) is 1.00. The van der Waals surface area contributed by atoms with Gasteiger partial charge in [-0.25, -0.2) is 0 Å². The van der Waals surface area contributed by atoms with Crippen LogP contribution in [-0.2, 0) is 6.54 Å². The predicted octanol–water partition coefficient (Wildman–Crippen LogP) is 1.46. The number of aliphatic hydroxyl groups is 1. The van der Waals surface area contributed by atoms with E-state index in [1.54, 1.807) is 18.4 Å². The Morgan fingerprint density at radius 3 is 2.65 bits per heavy atom. The predicted molar refractivity (Wildman–Crippen MR) is 70.2 cm³/mol. The lowest BCUT2D eigenvalue weighted by Gasteiger charge is -2.02. The number of carbonyl (C=O) groups is 1. The van der Waals surface area contributed by atoms with Gasteiger partial charge >= 0.3 is 0 Å². The van der Waals surface area contributed by atoms with E-state index in [9.17, 15) is 4.79 Å². The van der Waals surface area contributed by atoms with E-state index in [4.69, 9.17) is 10.8 Å². The maximum atomic E-state index is 10.5. The fraction of sp³-hybridized carbons (Fsp3) is 0.231. The van der Waals surface area contributed by atoms with Crippen LogP contribution < -0.4 is 5.73 Å². The van der Waals surface area contributed by atoms with Crippen molar-refractivity contribution in [3.8, 4) is 0 Å². The van der Waals surface area contributed by atoms with Gasteiger partial charge in [0.1, 0.15) is 6.29 Å². The van der Waals surface area contributed by atoms with E-state index in [1.165, 1.54) is 6.20 Å². The quantitative estimate of drug-likeness (QED) is 0.611. The average Bonchev–Trinajstić information content (AvgIpc) is 2.38. The molecule has 0 aliphatic rings. The highest BCUT2D eigenvalue weighted by atomic mass is 16.2. The van der Waals surface area contributed by atoms with E-state index in [1.807, 2.05) is 19.1 Å². The third-order valence-corrected chi connectivity index (χ3v) is 2.07. The second-order valence-electron chi connectivity index (χ2n) is 3.18. The molecule has 0 amide bonds. The summed E-state index contributed by atoms with van der Waals surface area (Å²) in [5.74, 6) is 0. The molecule has 0 aromatic heterocycles. The van der Waals surface area contributed by atoms with Gasteiger partial charge in [0.15, 0.2) is 0 Å². The Kier molecular flexibility index (Phi) is 8.24. The monoisotopic (exact) mass is 234 g/mol. The Bertz CT molecular complexity index is 398. The number of aldehydes is 1. The van der Waals surface area contributed by atoms with Crippen molar-refractivity contribution in [2.75, 3.05) is 7.11 Å². The molecule has 0 fully saturated rings. The Hall–Kier alpha value is -1.94. The lowest BCUT2D eigenvalue weighted by atomic mass is 10.1. The van der Waals surface area contributed by atoms with Crippen LogP contribution in [0.25, 0.3) is 0 Å². The van der Waals surface area contributed by atoms with Crippen LogP contribution in [0.15, 0.2) is 35.5 Å². The van der Waals surface area contributed by atoms with Gasteiger partial charge in [0, 0.05) is 18.9 Å². The van der Waals surface area contributed by atoms with Gasteiger partial charge in [0.2, 0.25) is 0 Å². The van der Waals surface area contributed by atoms with Crippen molar-refractivity contribution < 1.29 is 9.90 Å². The van der Waals surface area contributed by atoms with Gasteiger partial charge in [0.25, 0.3) is 0 Å². The summed E-state index contributed by atoms with van der Waals surface area (Å²) in [6, 6.07) is 5.57. The van der Waals surface area contributed by atoms with E-state index in [0.717, 1.165) is 24.5 Å². The van der Waals surface area contributed by atoms with Gasteiger partial charge in [0.05, 0.1) is 6.54 Å². The molecular weight excluding hydrogens is 216 g/mol. The summed E-state index contributed by atoms with van der Waals surface area (Å²) in [6.45, 7) is 2.58. The Morgan fingerprint density at radius 2 is 2.12 bits per heavy atom. The summed E-state index contributed by atoms with van der Waals surface area (Å²) in [5, 5.41) is 7.00. The summed E-state index contributed by atoms with van der Waals surface area (Å²) in [6.07, 6.45) is 5.62. The topological polar surface area (TPSA) is 75.7 Å². The second-order valence-corrected chi connectivity index (χ2v) is 3.18. The molecule has 0 saturated carbocycles. The molecule has 4 heteroatoms. The van der Waals surface area contributed by atoms with Gasteiger partial charge in [-0.1, -0.05) is 12.1 Å². The van der Waals surface area contributed by atoms with Crippen molar-refractivity contribution in [1.29, 1.82) is 0 Å². The number of aryl methyl sites for hydroxylation is 1. The lowest BCUT2D eigenvalue weighted by Crippen LogP contribution is -1.90. The number of hydrogen-bond donors (Lipinski definition) is 2. The molecule has 0 aliphatic carbocycles. The highest BCUT2D eigenvalue weighted by molar-refractivity contribution is 5.75. The first kappa shape index (κ1) is 15.1. The number of benzene rings is 1. The van der Waals surface area contributed by atoms with Crippen LogP contribution >= 0.6 is 0 Å². The van der Waals surface area contributed by atoms with E-state index in [-0.39, 0.29) is 0 Å². The van der Waals surface area contributed by atoms with Crippen LogP contribution in [0.1, 0.15) is 21.5 Å². The zero-order valence-corrected chi connectivity index (χ0v) is 10.1. The van der Waals surface area contributed by atoms with Crippen LogP contribution in [0.3, 0.4) is 0 Å². The SMILES string of the molecule is CO.Cc1cc(C=O)ccc1CN=C/C=C\N. The van der Waals surface area contributed by atoms with Gasteiger partial charge in [-0.3, -0.25) is 9.79 Å². The van der Waals surface area contributed by atoms with E-state index < -0.39 is 0 Å². The Balaban J connectivity index is 0.00000121. The third-order valence-electron chi connectivity index (χ3n) is 2.07. The number of allylic oxidation sites excluding steroid dienone is 1. The first-order valence-electron chi connectivity index (χ1n) is 5.14. The van der Waals surface area contributed by atoms with E-state index in [0.29, 0.717) is 12.1 Å². The average molecular weight is 234 g/mol. The van der Waals surface area contributed by atoms with Crippen LogP contribution in [-0.4, -0.2) is 24.7 Å². The summed E-state index contributed by atoms with van der Waals surface area (Å²) in [4.78, 5) is 14.7. The van der Waals surface area contributed by atoms with Crippen LogP contribution in [0.5, 0.6) is 0 Å². The van der Waals surface area contributed by atoms with E-state index >= 15 is 0 Å². The molecule has 0 radical (unpaired) electrons. The number of aliphatic hydroxyl groups excluding tert-OH is 1. The smallest absolute Gasteiger partial charge is 0.150 e. The number of rotatable bonds is 4. The fourth-order valence-corrected chi connectivity index (χ4v) is 1.23. The molecule has 4 nitrogen and oxygen atoms in total. The molecule has 3 N–H and O–H groups in total. The largest absolute Gasteiger partial charge is 0.405 e. The first-order valence-corrected chi connectivity index (χ1v) is 5.14. The van der Waals surface area contributed by atoms with Crippen molar-refractivity contribution in [3.63, 3.8) is 0 Å². The van der Waals surface area contributed by atoms with Gasteiger partial charge < -0.3 is 10.8 Å². The molecule has 92 valence electrons. The van der Waals surface area contributed by atoms with Crippen LogP contribution in [0.2, 0.25) is 0 Å². The number of aliphatic imine (C=N–C) groups is 1. The molecule has 0 saturated heterocycles. The Morgan fingerprint density at radius 1 is 1.41 bits per heavy atom. The summed E-state index contributed by atoms with van der Waals surface area (Å²) >= 11 is 0. The van der Waals surface area contributed by atoms with Gasteiger partial charge in [-0.2, -0.15) is 0 Å². The molecule has 0 aliphatic heterocycles. The van der Waals surface area contributed by atoms with Crippen molar-refractivity contribution >= 4 is 12.5 Å². The molecule has 0 atom stereocenters. The fourth-order valence-electron chi connectivity index (χ4n) is 1.23. The minimum Gasteiger partial charge on any atom is -0.405 e. The van der Waals surface area contributed by atoms with Crippen LogP contribution in [0.4, 0.5) is 0 Å². The summed E-state index contributed by atoms with van der Waals surface area (Å²) < 4.78 is 0. The molecule has 0 spiro atoms. The van der Waals surface area contributed by atoms with Gasteiger partial charge in [-0.15, -0.1) is 0 Å². The Labute approximate surface area is 101 Å². The lowest BCUT2D eigenvalue weighted by molar-refractivity contribution is 0.112. The number of nitrogens with zero attached hydrogens (tertiary/aromatic N) is 1. The van der Waals surface area contributed by atoms with Crippen molar-refractivity contribution in [3.05, 3.63) is 47.2 Å². The number of hydrogen-bond acceptors (Lipinski definition) is 4. The van der Waals surface area contributed by atoms with Gasteiger partial charge in [-0.05, 0) is 36.4 Å². The van der Waals surface area contributed by atoms with Crippen molar-refractivity contribution in [2.24, 2.45) is 10.7 Å². The zero-order chi connectivity index (χ0) is 13.1. The standard InChI is InChI=1S/C12H14N2O.CH4O/c1-10-7-11(9-15)3-4-12(10)8-14-6-2-5-13;1-2/h2-7,9H,8,13H2,1H3;2H,1H3/b5-2-,14-6?;. The number of nitrogens with two attached hydrogens (primary N) is 1. The molecule has 1 aromatic rings. The highest BCUT2D eigenvalue weighted by Crippen LogP contribution is 2.10. The van der Waals surface area contributed by atoms with Crippen LogP contribution in [0, 0.1) is 6.92 Å². The molecule has 1 aromatic carbocycles. The molecule has 0 bridgehead atoms. The molecule has 0 heterocycles. The molecule has 17 heavy (non-hydrogen) atoms. The minimum absolute atomic E-state index is 0.606. The minimum atomic E-state index is 0.606. The van der Waals surface area contributed by atoms with Crippen molar-refractivity contribution in [1.82, 2.24) is 0 Å². The third kappa shape index (κ3) is 5.63. The molecule has 1 rings (SSSR count). The van der Waals surface area contributed by atoms with E-state index in [2.05, 4.69) is 4.99 Å². The molecule has 0 unspecified atom stereocenters. The summed E-state index contributed by atoms with van der Waals surface area (Å²) in [5.41, 5.74) is 8.05.